The zero-order chi connectivity index (χ0) is 11.8. The lowest BCUT2D eigenvalue weighted by Crippen LogP contribution is -2.29. The molecule has 86 valence electrons. The predicted octanol–water partition coefficient (Wildman–Crippen LogP) is 1.30. The Kier molecular flexibility index (Phi) is 5.22. The first-order valence-corrected chi connectivity index (χ1v) is 5.23. The van der Waals surface area contributed by atoms with Crippen LogP contribution in [-0.2, 0) is 4.79 Å². The molecule has 4 heteroatoms. The Morgan fingerprint density at radius 3 is 2.75 bits per heavy atom. The number of nitrogens with zero attached hydrogens (tertiary/aromatic N) is 1. The number of benzene rings is 1. The second-order valence-corrected chi connectivity index (χ2v) is 3.53. The molecule has 0 radical (unpaired) electrons. The second-order valence-electron chi connectivity index (χ2n) is 3.53. The van der Waals surface area contributed by atoms with E-state index in [1.165, 1.54) is 0 Å². The third-order valence-corrected chi connectivity index (χ3v) is 2.16. The highest BCUT2D eigenvalue weighted by molar-refractivity contribution is 5.79. The number of carbonyl (C=O) groups is 1. The Hall–Kier alpha value is -1.68. The van der Waals surface area contributed by atoms with Gasteiger partial charge in [-0.15, -0.1) is 0 Å². The first-order valence-electron chi connectivity index (χ1n) is 5.23. The molecule has 0 heterocycles. The van der Waals surface area contributed by atoms with E-state index >= 15 is 0 Å². The third kappa shape index (κ3) is 4.70. The lowest BCUT2D eigenvalue weighted by molar-refractivity contribution is -0.138. The molecule has 1 aromatic carbocycles. The number of carboxylic acid groups (broad SMARTS) is 1. The zero-order valence-electron chi connectivity index (χ0n) is 9.04. The van der Waals surface area contributed by atoms with Crippen molar-refractivity contribution in [3.8, 4) is 0 Å². The maximum Gasteiger partial charge on any atom is 0.320 e. The minimum atomic E-state index is -0.952. The molecule has 1 unspecified atom stereocenters. The van der Waals surface area contributed by atoms with Gasteiger partial charge in [0.05, 0.1) is 0 Å². The van der Waals surface area contributed by atoms with E-state index in [1.807, 2.05) is 30.3 Å². The van der Waals surface area contributed by atoms with Gasteiger partial charge in [0.15, 0.2) is 0 Å². The van der Waals surface area contributed by atoms with Crippen LogP contribution >= 0.6 is 0 Å². The van der Waals surface area contributed by atoms with Crippen molar-refractivity contribution in [2.24, 2.45) is 10.7 Å². The summed E-state index contributed by atoms with van der Waals surface area (Å²) in [5.74, 6) is -0.952. The normalized spacial score (nSPS) is 12.8. The molecule has 0 aliphatic rings. The van der Waals surface area contributed by atoms with E-state index in [0.29, 0.717) is 19.4 Å². The number of aliphatic imine (C=N–C) groups is 1. The Labute approximate surface area is 94.8 Å². The van der Waals surface area contributed by atoms with E-state index in [9.17, 15) is 4.79 Å². The number of hydrogen-bond acceptors (Lipinski definition) is 3. The van der Waals surface area contributed by atoms with E-state index in [2.05, 4.69) is 4.99 Å². The van der Waals surface area contributed by atoms with Crippen LogP contribution in [0.1, 0.15) is 18.4 Å². The monoisotopic (exact) mass is 220 g/mol. The van der Waals surface area contributed by atoms with Crippen LogP contribution in [-0.4, -0.2) is 29.9 Å². The fourth-order valence-corrected chi connectivity index (χ4v) is 1.24. The van der Waals surface area contributed by atoms with Crippen molar-refractivity contribution in [3.63, 3.8) is 0 Å². The van der Waals surface area contributed by atoms with Crippen molar-refractivity contribution in [1.82, 2.24) is 0 Å². The summed E-state index contributed by atoms with van der Waals surface area (Å²) >= 11 is 0. The van der Waals surface area contributed by atoms with Crippen LogP contribution in [0.15, 0.2) is 35.3 Å². The van der Waals surface area contributed by atoms with Crippen LogP contribution in [0.5, 0.6) is 0 Å². The summed E-state index contributed by atoms with van der Waals surface area (Å²) in [5, 5.41) is 8.55. The SMILES string of the molecule is NC(CCCN=Cc1ccccc1)C(=O)O. The van der Waals surface area contributed by atoms with E-state index in [1.54, 1.807) is 6.21 Å². The van der Waals surface area contributed by atoms with Crippen LogP contribution in [0, 0.1) is 0 Å². The second kappa shape index (κ2) is 6.74. The summed E-state index contributed by atoms with van der Waals surface area (Å²) in [6.07, 6.45) is 2.94. The topological polar surface area (TPSA) is 75.7 Å². The smallest absolute Gasteiger partial charge is 0.320 e. The highest BCUT2D eigenvalue weighted by atomic mass is 16.4. The first kappa shape index (κ1) is 12.4. The summed E-state index contributed by atoms with van der Waals surface area (Å²) in [6, 6.07) is 9.00. The molecule has 4 nitrogen and oxygen atoms in total. The Morgan fingerprint density at radius 1 is 1.44 bits per heavy atom. The first-order chi connectivity index (χ1) is 7.70. The highest BCUT2D eigenvalue weighted by Gasteiger charge is 2.09. The van der Waals surface area contributed by atoms with Crippen LogP contribution in [0.2, 0.25) is 0 Å². The van der Waals surface area contributed by atoms with Gasteiger partial charge in [0.1, 0.15) is 6.04 Å². The van der Waals surface area contributed by atoms with Crippen molar-refractivity contribution in [2.45, 2.75) is 18.9 Å². The average Bonchev–Trinajstić information content (AvgIpc) is 2.29. The third-order valence-electron chi connectivity index (χ3n) is 2.16. The fourth-order valence-electron chi connectivity index (χ4n) is 1.24. The van der Waals surface area contributed by atoms with Crippen LogP contribution in [0.3, 0.4) is 0 Å². The maximum absolute atomic E-state index is 10.4. The number of nitrogens with two attached hydrogens (primary N) is 1. The largest absolute Gasteiger partial charge is 0.480 e. The molecule has 0 aliphatic heterocycles. The number of aliphatic carboxylic acids is 1. The molecule has 16 heavy (non-hydrogen) atoms. The molecule has 0 spiro atoms. The molecule has 0 saturated heterocycles. The van der Waals surface area contributed by atoms with Gasteiger partial charge in [0.25, 0.3) is 0 Å². The van der Waals surface area contributed by atoms with Crippen molar-refractivity contribution < 1.29 is 9.90 Å². The Bertz CT molecular complexity index is 349. The molecule has 0 amide bonds. The van der Waals surface area contributed by atoms with Gasteiger partial charge in [-0.3, -0.25) is 9.79 Å². The van der Waals surface area contributed by atoms with Crippen LogP contribution < -0.4 is 5.73 Å². The molecule has 0 aromatic heterocycles. The van der Waals surface area contributed by atoms with E-state index in [-0.39, 0.29) is 0 Å². The van der Waals surface area contributed by atoms with Crippen molar-refractivity contribution in [3.05, 3.63) is 35.9 Å². The molecule has 3 N–H and O–H groups in total. The van der Waals surface area contributed by atoms with Gasteiger partial charge in [-0.25, -0.2) is 0 Å². The van der Waals surface area contributed by atoms with Gasteiger partial charge in [-0.2, -0.15) is 0 Å². The zero-order valence-corrected chi connectivity index (χ0v) is 9.04. The molecular weight excluding hydrogens is 204 g/mol. The number of carboxylic acids is 1. The average molecular weight is 220 g/mol. The van der Waals surface area contributed by atoms with Gasteiger partial charge in [0.2, 0.25) is 0 Å². The van der Waals surface area contributed by atoms with Gasteiger partial charge in [0, 0.05) is 12.8 Å². The highest BCUT2D eigenvalue weighted by Crippen LogP contribution is 1.97. The molecule has 0 fully saturated rings. The van der Waals surface area contributed by atoms with E-state index in [0.717, 1.165) is 5.56 Å². The molecule has 1 rings (SSSR count). The Morgan fingerprint density at radius 2 is 2.12 bits per heavy atom. The summed E-state index contributed by atoms with van der Waals surface area (Å²) < 4.78 is 0. The van der Waals surface area contributed by atoms with Crippen molar-refractivity contribution in [2.75, 3.05) is 6.54 Å². The van der Waals surface area contributed by atoms with E-state index < -0.39 is 12.0 Å². The lowest BCUT2D eigenvalue weighted by Gasteiger charge is -2.03. The number of rotatable bonds is 6. The van der Waals surface area contributed by atoms with E-state index in [4.69, 9.17) is 10.8 Å². The lowest BCUT2D eigenvalue weighted by atomic mass is 10.2. The van der Waals surface area contributed by atoms with Gasteiger partial charge in [-0.05, 0) is 18.4 Å². The van der Waals surface area contributed by atoms with Gasteiger partial charge >= 0.3 is 5.97 Å². The molecular formula is C12H16N2O2. The summed E-state index contributed by atoms with van der Waals surface area (Å²) in [7, 11) is 0. The summed E-state index contributed by atoms with van der Waals surface area (Å²) in [5.41, 5.74) is 6.40. The van der Waals surface area contributed by atoms with Crippen LogP contribution in [0.25, 0.3) is 0 Å². The van der Waals surface area contributed by atoms with Crippen LogP contribution in [0.4, 0.5) is 0 Å². The molecule has 1 aromatic rings. The minimum Gasteiger partial charge on any atom is -0.480 e. The fraction of sp³-hybridized carbons (Fsp3) is 0.333. The maximum atomic E-state index is 10.4. The van der Waals surface area contributed by atoms with Gasteiger partial charge in [-0.1, -0.05) is 30.3 Å². The van der Waals surface area contributed by atoms with Gasteiger partial charge < -0.3 is 10.8 Å². The number of hydrogen-bond donors (Lipinski definition) is 2. The standard InChI is InChI=1S/C12H16N2O2/c13-11(12(15)16)7-4-8-14-9-10-5-2-1-3-6-10/h1-3,5-6,9,11H,4,7-8,13H2,(H,15,16). The molecule has 1 atom stereocenters. The molecule has 0 aliphatic carbocycles. The quantitative estimate of drug-likeness (QED) is 0.560. The molecule has 0 saturated carbocycles. The predicted molar refractivity (Wildman–Crippen MR) is 63.7 cm³/mol. The summed E-state index contributed by atoms with van der Waals surface area (Å²) in [6.45, 7) is 0.607. The molecule has 0 bridgehead atoms. The van der Waals surface area contributed by atoms with Crippen molar-refractivity contribution >= 4 is 12.2 Å². The minimum absolute atomic E-state index is 0.460. The summed E-state index contributed by atoms with van der Waals surface area (Å²) in [4.78, 5) is 14.6. The Balaban J connectivity index is 2.21. The van der Waals surface area contributed by atoms with Crippen molar-refractivity contribution in [1.29, 1.82) is 0 Å².